The Hall–Kier alpha value is -1.43. The van der Waals surface area contributed by atoms with Crippen LogP contribution in [0.3, 0.4) is 0 Å². The Morgan fingerprint density at radius 1 is 1.16 bits per heavy atom. The van der Waals surface area contributed by atoms with Crippen LogP contribution in [-0.2, 0) is 0 Å². The van der Waals surface area contributed by atoms with Crippen LogP contribution < -0.4 is 10.1 Å². The van der Waals surface area contributed by atoms with Gasteiger partial charge in [-0.2, -0.15) is 0 Å². The standard InChI is InChI=1S/C12H9Cl2N3OS/c13-8-3-1-4-9(14)11(8)18-7-10(19)17-12-15-5-2-6-16-12/h1-6H,7H2,(H,15,16,17,19). The molecule has 0 unspecified atom stereocenters. The van der Waals surface area contributed by atoms with Crippen molar-refractivity contribution in [2.24, 2.45) is 0 Å². The molecule has 0 saturated carbocycles. The Bertz CT molecular complexity index is 560. The summed E-state index contributed by atoms with van der Waals surface area (Å²) in [6.07, 6.45) is 3.23. The fourth-order valence-corrected chi connectivity index (χ4v) is 1.94. The maximum Gasteiger partial charge on any atom is 0.227 e. The molecule has 2 rings (SSSR count). The fourth-order valence-electron chi connectivity index (χ4n) is 1.28. The van der Waals surface area contributed by atoms with E-state index in [2.05, 4.69) is 15.3 Å². The molecule has 19 heavy (non-hydrogen) atoms. The number of ether oxygens (including phenoxy) is 1. The zero-order chi connectivity index (χ0) is 13.7. The van der Waals surface area contributed by atoms with Gasteiger partial charge < -0.3 is 10.1 Å². The molecule has 1 aromatic carbocycles. The maximum atomic E-state index is 5.98. The Balaban J connectivity index is 1.94. The van der Waals surface area contributed by atoms with Gasteiger partial charge in [-0.15, -0.1) is 0 Å². The molecule has 0 aliphatic heterocycles. The van der Waals surface area contributed by atoms with Gasteiger partial charge >= 0.3 is 0 Å². The first-order valence-corrected chi connectivity index (χ1v) is 6.47. The van der Waals surface area contributed by atoms with Crippen molar-refractivity contribution in [1.82, 2.24) is 9.97 Å². The minimum absolute atomic E-state index is 0.136. The van der Waals surface area contributed by atoms with Gasteiger partial charge in [-0.25, -0.2) is 9.97 Å². The van der Waals surface area contributed by atoms with E-state index in [0.717, 1.165) is 0 Å². The number of rotatable bonds is 4. The molecule has 0 radical (unpaired) electrons. The molecule has 4 nitrogen and oxygen atoms in total. The van der Waals surface area contributed by atoms with Gasteiger partial charge in [-0.1, -0.05) is 41.5 Å². The molecule has 1 aromatic heterocycles. The monoisotopic (exact) mass is 313 g/mol. The number of halogens is 2. The van der Waals surface area contributed by atoms with Crippen molar-refractivity contribution in [2.45, 2.75) is 0 Å². The van der Waals surface area contributed by atoms with Crippen LogP contribution in [-0.4, -0.2) is 21.6 Å². The van der Waals surface area contributed by atoms with Crippen LogP contribution in [0.4, 0.5) is 5.95 Å². The average molecular weight is 314 g/mol. The van der Waals surface area contributed by atoms with Crippen LogP contribution in [0.1, 0.15) is 0 Å². The first-order valence-electron chi connectivity index (χ1n) is 5.30. The number of nitrogens with one attached hydrogen (secondary N) is 1. The van der Waals surface area contributed by atoms with Gasteiger partial charge in [0.25, 0.3) is 0 Å². The Kier molecular flexibility index (Phi) is 4.90. The minimum atomic E-state index is 0.136. The molecule has 98 valence electrons. The topological polar surface area (TPSA) is 47.0 Å². The normalized spacial score (nSPS) is 10.0. The molecule has 0 atom stereocenters. The number of hydrogen-bond acceptors (Lipinski definition) is 4. The highest BCUT2D eigenvalue weighted by Crippen LogP contribution is 2.32. The van der Waals surface area contributed by atoms with Crippen LogP contribution >= 0.6 is 35.4 Å². The predicted octanol–water partition coefficient (Wildman–Crippen LogP) is 3.60. The second kappa shape index (κ2) is 6.65. The summed E-state index contributed by atoms with van der Waals surface area (Å²) in [7, 11) is 0. The highest BCUT2D eigenvalue weighted by molar-refractivity contribution is 7.80. The van der Waals surface area contributed by atoms with E-state index in [1.807, 2.05) is 0 Å². The molecule has 1 N–H and O–H groups in total. The summed E-state index contributed by atoms with van der Waals surface area (Å²) in [5.41, 5.74) is 0. The predicted molar refractivity (Wildman–Crippen MR) is 80.2 cm³/mol. The second-order valence-electron chi connectivity index (χ2n) is 3.46. The van der Waals surface area contributed by atoms with Crippen molar-refractivity contribution in [3.05, 3.63) is 46.7 Å². The van der Waals surface area contributed by atoms with Crippen LogP contribution in [0.15, 0.2) is 36.7 Å². The highest BCUT2D eigenvalue weighted by Gasteiger charge is 2.08. The van der Waals surface area contributed by atoms with Gasteiger partial charge in [0.2, 0.25) is 5.95 Å². The minimum Gasteiger partial charge on any atom is -0.483 e. The van der Waals surface area contributed by atoms with Crippen molar-refractivity contribution in [3.8, 4) is 5.75 Å². The van der Waals surface area contributed by atoms with E-state index in [0.29, 0.717) is 26.7 Å². The van der Waals surface area contributed by atoms with E-state index in [1.54, 1.807) is 36.7 Å². The second-order valence-corrected chi connectivity index (χ2v) is 4.77. The molecule has 1 heterocycles. The summed E-state index contributed by atoms with van der Waals surface area (Å²) < 4.78 is 5.48. The number of thiocarbonyl (C=S) groups is 1. The molecule has 0 spiro atoms. The maximum absolute atomic E-state index is 5.98. The Morgan fingerprint density at radius 3 is 2.42 bits per heavy atom. The molecular formula is C12H9Cl2N3OS. The lowest BCUT2D eigenvalue weighted by Gasteiger charge is -2.10. The Morgan fingerprint density at radius 2 is 1.79 bits per heavy atom. The van der Waals surface area contributed by atoms with Gasteiger partial charge in [-0.3, -0.25) is 0 Å². The first kappa shape index (κ1) is 14.0. The van der Waals surface area contributed by atoms with E-state index in [4.69, 9.17) is 40.2 Å². The van der Waals surface area contributed by atoms with Gasteiger partial charge in [0, 0.05) is 12.4 Å². The van der Waals surface area contributed by atoms with Crippen LogP contribution in [0.25, 0.3) is 0 Å². The number of anilines is 1. The third kappa shape index (κ3) is 4.02. The number of nitrogens with zero attached hydrogens (tertiary/aromatic N) is 2. The lowest BCUT2D eigenvalue weighted by Crippen LogP contribution is -2.19. The van der Waals surface area contributed by atoms with Gasteiger partial charge in [-0.05, 0) is 18.2 Å². The quantitative estimate of drug-likeness (QED) is 0.874. The van der Waals surface area contributed by atoms with Crippen molar-refractivity contribution < 1.29 is 4.74 Å². The summed E-state index contributed by atoms with van der Waals surface area (Å²) >= 11 is 17.1. The highest BCUT2D eigenvalue weighted by atomic mass is 35.5. The fraction of sp³-hybridized carbons (Fsp3) is 0.0833. The molecule has 0 aliphatic rings. The summed E-state index contributed by atoms with van der Waals surface area (Å²) in [6, 6.07) is 6.85. The molecule has 0 fully saturated rings. The molecule has 0 aliphatic carbocycles. The molecule has 0 saturated heterocycles. The molecule has 7 heteroatoms. The number of para-hydroxylation sites is 1. The first-order chi connectivity index (χ1) is 9.16. The lowest BCUT2D eigenvalue weighted by atomic mass is 10.3. The third-order valence-electron chi connectivity index (χ3n) is 2.08. The van der Waals surface area contributed by atoms with Crippen molar-refractivity contribution >= 4 is 46.4 Å². The smallest absolute Gasteiger partial charge is 0.227 e. The van der Waals surface area contributed by atoms with Crippen molar-refractivity contribution in [3.63, 3.8) is 0 Å². The average Bonchev–Trinajstić information content (AvgIpc) is 2.39. The molecule has 2 aromatic rings. The van der Waals surface area contributed by atoms with Crippen molar-refractivity contribution in [2.75, 3.05) is 11.9 Å². The summed E-state index contributed by atoms with van der Waals surface area (Å²) in [5.74, 6) is 0.824. The number of hydrogen-bond donors (Lipinski definition) is 1. The molecule has 0 amide bonds. The van der Waals surface area contributed by atoms with E-state index >= 15 is 0 Å². The van der Waals surface area contributed by atoms with Crippen LogP contribution in [0, 0.1) is 0 Å². The van der Waals surface area contributed by atoms with Crippen molar-refractivity contribution in [1.29, 1.82) is 0 Å². The van der Waals surface area contributed by atoms with Crippen LogP contribution in [0.5, 0.6) is 5.75 Å². The SMILES string of the molecule is S=C(COc1c(Cl)cccc1Cl)Nc1ncccn1. The lowest BCUT2D eigenvalue weighted by molar-refractivity contribution is 0.379. The Labute approximate surface area is 125 Å². The van der Waals surface area contributed by atoms with Gasteiger partial charge in [0.15, 0.2) is 5.75 Å². The zero-order valence-corrected chi connectivity index (χ0v) is 12.0. The van der Waals surface area contributed by atoms with E-state index < -0.39 is 0 Å². The van der Waals surface area contributed by atoms with Gasteiger partial charge in [0.05, 0.1) is 10.0 Å². The largest absolute Gasteiger partial charge is 0.483 e. The molecular weight excluding hydrogens is 305 g/mol. The van der Waals surface area contributed by atoms with E-state index in [9.17, 15) is 0 Å². The van der Waals surface area contributed by atoms with Gasteiger partial charge in [0.1, 0.15) is 11.6 Å². The zero-order valence-electron chi connectivity index (χ0n) is 9.64. The van der Waals surface area contributed by atoms with Crippen LogP contribution in [0.2, 0.25) is 10.0 Å². The summed E-state index contributed by atoms with van der Waals surface area (Å²) in [6.45, 7) is 0.136. The summed E-state index contributed by atoms with van der Waals surface area (Å²) in [4.78, 5) is 8.42. The number of aromatic nitrogens is 2. The number of benzene rings is 1. The molecule has 0 bridgehead atoms. The summed E-state index contributed by atoms with van der Waals surface area (Å²) in [5, 5.41) is 3.72. The van der Waals surface area contributed by atoms with E-state index in [-0.39, 0.29) is 6.61 Å². The van der Waals surface area contributed by atoms with E-state index in [1.165, 1.54) is 0 Å². The third-order valence-corrected chi connectivity index (χ3v) is 2.90.